The van der Waals surface area contributed by atoms with Crippen molar-refractivity contribution in [3.8, 4) is 0 Å². The summed E-state index contributed by atoms with van der Waals surface area (Å²) in [5.41, 5.74) is 4.08. The Morgan fingerprint density at radius 2 is 1.70 bits per heavy atom. The quantitative estimate of drug-likeness (QED) is 0.0559. The molecule has 1 aliphatic rings. The average Bonchev–Trinajstić information content (AvgIpc) is 3.68. The number of unbranched alkanes of at least 4 members (excludes halogenated alkanes) is 4. The standard InChI is InChI=1S/C29H50N7O17P3S/c1-4-5-6-7-8-9-20(38)57-13-12-31-19(37)10-11-32-27(41)24(40)29(2,3)15-50-56(47,48)53-55(45,46)49-14-18-23(52-54(42,43)44)22(39)28(51-18)36-17-35-21-25(30)33-16-34-26(21)36/h16-18,22-24,28,39-40H,4-15H2,1-3H3,(H,31,37)(H,32,41)(H,45,46)(H,47,48)(H2,30,33,34)(H2,42,43,44)/p-4/t18-,22-,23-,24+,28-/m1/s1. The summed E-state index contributed by atoms with van der Waals surface area (Å²) in [5.74, 6) is -1.14. The Hall–Kier alpha value is -2.44. The Kier molecular flexibility index (Phi) is 18.6. The predicted molar refractivity (Wildman–Crippen MR) is 192 cm³/mol. The molecule has 0 radical (unpaired) electrons. The highest BCUT2D eigenvalue weighted by molar-refractivity contribution is 8.13. The summed E-state index contributed by atoms with van der Waals surface area (Å²) in [6, 6.07) is 0. The number of hydrogen-bond acceptors (Lipinski definition) is 22. The highest BCUT2D eigenvalue weighted by Crippen LogP contribution is 2.56. The number of hydrogen-bond donors (Lipinski definition) is 5. The van der Waals surface area contributed by atoms with Crippen molar-refractivity contribution in [2.75, 3.05) is 37.8 Å². The van der Waals surface area contributed by atoms with Gasteiger partial charge in [-0.3, -0.25) is 28.1 Å². The summed E-state index contributed by atoms with van der Waals surface area (Å²) in [5, 5.41) is 26.3. The van der Waals surface area contributed by atoms with Crippen molar-refractivity contribution >= 4 is 69.1 Å². The number of nitrogens with one attached hydrogen (secondary N) is 2. The maximum absolute atomic E-state index is 12.5. The summed E-state index contributed by atoms with van der Waals surface area (Å²) in [4.78, 5) is 96.0. The number of fused-ring (bicyclic) bond motifs is 1. The third-order valence-corrected chi connectivity index (χ3v) is 12.2. The van der Waals surface area contributed by atoms with Gasteiger partial charge in [0.15, 0.2) is 22.8 Å². The van der Waals surface area contributed by atoms with Gasteiger partial charge in [-0.25, -0.2) is 19.3 Å². The van der Waals surface area contributed by atoms with Gasteiger partial charge in [0, 0.05) is 37.1 Å². The zero-order valence-corrected chi connectivity index (χ0v) is 34.7. The summed E-state index contributed by atoms with van der Waals surface area (Å²) in [7, 11) is -17.6. The number of phosphoric ester groups is 3. The Labute approximate surface area is 331 Å². The number of nitrogens with two attached hydrogens (primary N) is 1. The van der Waals surface area contributed by atoms with E-state index in [1.165, 1.54) is 13.8 Å². The number of anilines is 1. The molecular weight excluding hydrogens is 843 g/mol. The molecule has 7 atom stereocenters. The zero-order valence-electron chi connectivity index (χ0n) is 31.2. The van der Waals surface area contributed by atoms with Crippen LogP contribution >= 0.6 is 35.2 Å². The van der Waals surface area contributed by atoms with Gasteiger partial charge < -0.3 is 69.0 Å². The SMILES string of the molecule is CCCCCCCC(=O)SCCNC(=O)CCNC(=O)[C@H](O)C(C)(C)COP(=O)([O-])OP(=O)([O-])OC[C@H]1O[C@@H](n2cnc3c(N)ncnc32)[C@H](O)[C@@H]1OP(=O)([O-])[O-]. The number of aliphatic hydroxyl groups is 2. The summed E-state index contributed by atoms with van der Waals surface area (Å²) < 4.78 is 60.5. The van der Waals surface area contributed by atoms with Crippen LogP contribution in [0, 0.1) is 5.41 Å². The molecule has 0 spiro atoms. The lowest BCUT2D eigenvalue weighted by molar-refractivity contribution is -0.347. The summed E-state index contributed by atoms with van der Waals surface area (Å²) in [6.45, 7) is 2.27. The number of amides is 2. The van der Waals surface area contributed by atoms with Gasteiger partial charge in [0.05, 0.1) is 27.4 Å². The van der Waals surface area contributed by atoms with Gasteiger partial charge in [-0.15, -0.1) is 0 Å². The number of thioether (sulfide) groups is 1. The van der Waals surface area contributed by atoms with E-state index in [0.29, 0.717) is 12.2 Å². The molecular formula is C29H46N7O17P3S-4. The largest absolute Gasteiger partial charge is 0.790 e. The summed E-state index contributed by atoms with van der Waals surface area (Å²) >= 11 is 1.12. The second-order valence-corrected chi connectivity index (χ2v) is 18.6. The van der Waals surface area contributed by atoms with Gasteiger partial charge in [0.2, 0.25) is 11.8 Å². The molecule has 3 rings (SSSR count). The second-order valence-electron chi connectivity index (χ2n) is 13.4. The van der Waals surface area contributed by atoms with Crippen molar-refractivity contribution < 1.29 is 80.5 Å². The highest BCUT2D eigenvalue weighted by Gasteiger charge is 2.47. The number of nitrogens with zero attached hydrogens (tertiary/aromatic N) is 4. The molecule has 2 unspecified atom stereocenters. The lowest BCUT2D eigenvalue weighted by Crippen LogP contribution is -2.46. The van der Waals surface area contributed by atoms with Crippen molar-refractivity contribution in [3.05, 3.63) is 12.7 Å². The van der Waals surface area contributed by atoms with Crippen LogP contribution in [-0.2, 0) is 50.7 Å². The Morgan fingerprint density at radius 1 is 1.02 bits per heavy atom. The zero-order chi connectivity index (χ0) is 42.6. The predicted octanol–water partition coefficient (Wildman–Crippen LogP) is -1.50. The van der Waals surface area contributed by atoms with Gasteiger partial charge >= 0.3 is 0 Å². The monoisotopic (exact) mass is 889 g/mol. The van der Waals surface area contributed by atoms with Crippen LogP contribution < -0.4 is 35.9 Å². The number of nitrogen functional groups attached to an aromatic ring is 1. The van der Waals surface area contributed by atoms with E-state index in [9.17, 15) is 57.9 Å². The van der Waals surface area contributed by atoms with Gasteiger partial charge in [-0.2, -0.15) is 0 Å². The fourth-order valence-electron chi connectivity index (χ4n) is 5.22. The lowest BCUT2D eigenvalue weighted by atomic mass is 9.87. The molecule has 324 valence electrons. The van der Waals surface area contributed by atoms with Gasteiger partial charge in [-0.05, 0) is 6.42 Å². The molecule has 0 bridgehead atoms. The van der Waals surface area contributed by atoms with E-state index in [1.807, 2.05) is 0 Å². The minimum absolute atomic E-state index is 0.0194. The highest BCUT2D eigenvalue weighted by atomic mass is 32.2. The van der Waals surface area contributed by atoms with Gasteiger partial charge in [0.1, 0.15) is 36.3 Å². The fraction of sp³-hybridized carbons (Fsp3) is 0.724. The molecule has 0 aromatic carbocycles. The maximum Gasteiger partial charge on any atom is 0.274 e. The molecule has 2 amide bonds. The third-order valence-electron chi connectivity index (χ3n) is 8.22. The van der Waals surface area contributed by atoms with Crippen LogP contribution in [0.3, 0.4) is 0 Å². The number of rotatable bonds is 25. The molecule has 1 fully saturated rings. The van der Waals surface area contributed by atoms with Crippen LogP contribution in [0.1, 0.15) is 71.9 Å². The van der Waals surface area contributed by atoms with Crippen LogP contribution in [0.2, 0.25) is 0 Å². The lowest BCUT2D eigenvalue weighted by Gasteiger charge is -2.36. The molecule has 28 heteroatoms. The molecule has 2 aromatic heterocycles. The number of phosphoric acid groups is 3. The second kappa shape index (κ2) is 21.7. The molecule has 57 heavy (non-hydrogen) atoms. The van der Waals surface area contributed by atoms with E-state index >= 15 is 0 Å². The van der Waals surface area contributed by atoms with Crippen LogP contribution in [-0.4, -0.2) is 103 Å². The van der Waals surface area contributed by atoms with Crippen molar-refractivity contribution in [2.45, 2.75) is 96.4 Å². The van der Waals surface area contributed by atoms with Crippen LogP contribution in [0.15, 0.2) is 12.7 Å². The van der Waals surface area contributed by atoms with Crippen LogP contribution in [0.5, 0.6) is 0 Å². The van der Waals surface area contributed by atoms with E-state index in [-0.39, 0.29) is 41.6 Å². The van der Waals surface area contributed by atoms with E-state index in [2.05, 4.69) is 50.4 Å². The smallest absolute Gasteiger partial charge is 0.274 e. The number of imidazole rings is 1. The molecule has 1 saturated heterocycles. The number of aromatic nitrogens is 4. The first-order valence-electron chi connectivity index (χ1n) is 17.5. The van der Waals surface area contributed by atoms with E-state index in [1.54, 1.807) is 0 Å². The number of ether oxygens (including phenoxy) is 1. The summed E-state index contributed by atoms with van der Waals surface area (Å²) in [6.07, 6.45) is -1.94. The molecule has 24 nitrogen and oxygen atoms in total. The molecule has 0 aliphatic carbocycles. The topological polar surface area (TPSA) is 375 Å². The molecule has 2 aromatic rings. The van der Waals surface area contributed by atoms with Crippen molar-refractivity contribution in [1.29, 1.82) is 0 Å². The van der Waals surface area contributed by atoms with Gasteiger partial charge in [0.25, 0.3) is 15.6 Å². The number of aliphatic hydroxyl groups excluding tert-OH is 2. The Balaban J connectivity index is 1.45. The van der Waals surface area contributed by atoms with Crippen molar-refractivity contribution in [1.82, 2.24) is 30.2 Å². The van der Waals surface area contributed by atoms with Crippen LogP contribution in [0.4, 0.5) is 5.82 Å². The fourth-order valence-corrected chi connectivity index (χ4v) is 8.67. The van der Waals surface area contributed by atoms with E-state index in [0.717, 1.165) is 61.1 Å². The molecule has 0 saturated carbocycles. The van der Waals surface area contributed by atoms with E-state index in [4.69, 9.17) is 10.5 Å². The minimum atomic E-state index is -5.91. The van der Waals surface area contributed by atoms with Gasteiger partial charge in [-0.1, -0.05) is 58.2 Å². The first-order chi connectivity index (χ1) is 26.6. The molecule has 6 N–H and O–H groups in total. The van der Waals surface area contributed by atoms with Crippen molar-refractivity contribution in [3.63, 3.8) is 0 Å². The number of carbonyl (C=O) groups excluding carboxylic acids is 3. The average molecular weight is 890 g/mol. The third kappa shape index (κ3) is 15.9. The Bertz CT molecular complexity index is 1820. The van der Waals surface area contributed by atoms with Crippen molar-refractivity contribution in [2.24, 2.45) is 5.41 Å². The normalized spacial score (nSPS) is 21.5. The molecule has 3 heterocycles. The van der Waals surface area contributed by atoms with E-state index < -0.39 is 84.6 Å². The molecule has 1 aliphatic heterocycles. The van der Waals surface area contributed by atoms with Crippen LogP contribution in [0.25, 0.3) is 11.2 Å². The minimum Gasteiger partial charge on any atom is -0.790 e. The number of carbonyl (C=O) groups is 3. The Morgan fingerprint density at radius 3 is 2.39 bits per heavy atom. The maximum atomic E-state index is 12.5. The first kappa shape index (κ1) is 48.9. The first-order valence-corrected chi connectivity index (χ1v) is 22.9.